The number of hydrogen-bond donors (Lipinski definition) is 0. The van der Waals surface area contributed by atoms with Crippen molar-refractivity contribution in [1.29, 1.82) is 0 Å². The summed E-state index contributed by atoms with van der Waals surface area (Å²) in [5, 5.41) is 0. The van der Waals surface area contributed by atoms with Crippen LogP contribution in [-0.2, 0) is 19.0 Å². The molecule has 2 aliphatic rings. The number of amides is 1. The predicted molar refractivity (Wildman–Crippen MR) is 101 cm³/mol. The monoisotopic (exact) mass is 415 g/mol. The summed E-state index contributed by atoms with van der Waals surface area (Å²) in [5.74, 6) is -6.33. The summed E-state index contributed by atoms with van der Waals surface area (Å²) in [6, 6.07) is 15.9. The first-order valence-corrected chi connectivity index (χ1v) is 9.33. The Morgan fingerprint density at radius 3 is 2.27 bits per heavy atom. The normalized spacial score (nSPS) is 25.2. The van der Waals surface area contributed by atoms with Crippen LogP contribution in [0.3, 0.4) is 0 Å². The average Bonchev–Trinajstić information content (AvgIpc) is 3.15. The van der Waals surface area contributed by atoms with Crippen LogP contribution in [0.25, 0.3) is 0 Å². The highest BCUT2D eigenvalue weighted by molar-refractivity contribution is 5.86. The number of benzene rings is 2. The van der Waals surface area contributed by atoms with E-state index < -0.39 is 36.2 Å². The molecular formula is C22H19F2NO5. The van der Waals surface area contributed by atoms with Gasteiger partial charge in [0.1, 0.15) is 6.61 Å². The molecule has 1 saturated heterocycles. The van der Waals surface area contributed by atoms with E-state index in [9.17, 15) is 9.59 Å². The van der Waals surface area contributed by atoms with E-state index >= 15 is 8.78 Å². The molecular weight excluding hydrogens is 396 g/mol. The third-order valence-corrected chi connectivity index (χ3v) is 5.19. The maximum Gasteiger partial charge on any atom is 0.413 e. The van der Waals surface area contributed by atoms with Crippen molar-refractivity contribution in [1.82, 2.24) is 4.90 Å². The molecule has 0 aliphatic carbocycles. The molecule has 156 valence electrons. The zero-order valence-electron chi connectivity index (χ0n) is 16.0. The van der Waals surface area contributed by atoms with Gasteiger partial charge in [-0.25, -0.2) is 9.59 Å². The number of ether oxygens (including phenoxy) is 3. The van der Waals surface area contributed by atoms with Crippen LogP contribution in [0.5, 0.6) is 0 Å². The third kappa shape index (κ3) is 3.38. The summed E-state index contributed by atoms with van der Waals surface area (Å²) in [6.07, 6.45) is -1.95. The molecule has 0 spiro atoms. The van der Waals surface area contributed by atoms with Gasteiger partial charge in [-0.3, -0.25) is 4.90 Å². The standard InChI is InChI=1S/C22H19F2NO5/c1-28-19(26)18-12-16(14-8-4-2-5-9-14)22(23,24)20(30-18)25-17(13-29-21(25)27)15-10-6-3-7-11-15/h2-12,16-17,20H,13H2,1H3/t16?,17-,20?/m0/s1. The van der Waals surface area contributed by atoms with Crippen molar-refractivity contribution in [2.45, 2.75) is 24.1 Å². The molecule has 0 N–H and O–H groups in total. The van der Waals surface area contributed by atoms with Gasteiger partial charge in [-0.2, -0.15) is 8.78 Å². The lowest BCUT2D eigenvalue weighted by molar-refractivity contribution is -0.198. The van der Waals surface area contributed by atoms with E-state index in [1.165, 1.54) is 12.1 Å². The molecule has 0 saturated carbocycles. The maximum absolute atomic E-state index is 15.7. The Labute approximate surface area is 171 Å². The third-order valence-electron chi connectivity index (χ3n) is 5.19. The summed E-state index contributed by atoms with van der Waals surface area (Å²) in [4.78, 5) is 25.5. The number of hydrogen-bond acceptors (Lipinski definition) is 5. The lowest BCUT2D eigenvalue weighted by Crippen LogP contribution is -2.55. The minimum atomic E-state index is -3.55. The Hall–Kier alpha value is -3.42. The second-order valence-corrected chi connectivity index (χ2v) is 6.97. The Balaban J connectivity index is 1.79. The van der Waals surface area contributed by atoms with Gasteiger partial charge in [0, 0.05) is 0 Å². The molecule has 1 amide bonds. The predicted octanol–water partition coefficient (Wildman–Crippen LogP) is 4.01. The summed E-state index contributed by atoms with van der Waals surface area (Å²) < 4.78 is 46.5. The molecule has 8 heteroatoms. The lowest BCUT2D eigenvalue weighted by Gasteiger charge is -2.41. The van der Waals surface area contributed by atoms with Gasteiger partial charge in [0.15, 0.2) is 0 Å². The number of esters is 1. The van der Waals surface area contributed by atoms with E-state index in [4.69, 9.17) is 9.47 Å². The molecule has 4 rings (SSSR count). The van der Waals surface area contributed by atoms with Crippen molar-refractivity contribution < 1.29 is 32.6 Å². The smallest absolute Gasteiger partial charge is 0.413 e. The molecule has 30 heavy (non-hydrogen) atoms. The fourth-order valence-electron chi connectivity index (χ4n) is 3.72. The van der Waals surface area contributed by atoms with Gasteiger partial charge in [-0.1, -0.05) is 60.7 Å². The van der Waals surface area contributed by atoms with Crippen LogP contribution in [0.1, 0.15) is 23.1 Å². The Morgan fingerprint density at radius 1 is 1.07 bits per heavy atom. The minimum absolute atomic E-state index is 0.105. The summed E-state index contributed by atoms with van der Waals surface area (Å²) in [7, 11) is 1.13. The summed E-state index contributed by atoms with van der Waals surface area (Å²) >= 11 is 0. The van der Waals surface area contributed by atoms with E-state index in [0.717, 1.165) is 18.1 Å². The first-order valence-electron chi connectivity index (χ1n) is 9.33. The van der Waals surface area contributed by atoms with Crippen molar-refractivity contribution >= 4 is 12.1 Å². The minimum Gasteiger partial charge on any atom is -0.463 e. The fourth-order valence-corrected chi connectivity index (χ4v) is 3.72. The Bertz CT molecular complexity index is 964. The second-order valence-electron chi connectivity index (χ2n) is 6.97. The van der Waals surface area contributed by atoms with E-state index in [-0.39, 0.29) is 17.9 Å². The number of carbonyl (C=O) groups is 2. The first-order chi connectivity index (χ1) is 14.4. The number of nitrogens with zero attached hydrogens (tertiary/aromatic N) is 1. The van der Waals surface area contributed by atoms with Crippen LogP contribution < -0.4 is 0 Å². The van der Waals surface area contributed by atoms with E-state index in [0.29, 0.717) is 5.56 Å². The highest BCUT2D eigenvalue weighted by Crippen LogP contribution is 2.47. The molecule has 1 fully saturated rings. The van der Waals surface area contributed by atoms with Crippen molar-refractivity contribution in [2.75, 3.05) is 13.7 Å². The summed E-state index contributed by atoms with van der Waals surface area (Å²) in [5.41, 5.74) is 0.897. The van der Waals surface area contributed by atoms with Gasteiger partial charge in [0.25, 0.3) is 0 Å². The molecule has 2 aromatic carbocycles. The van der Waals surface area contributed by atoms with Crippen LogP contribution in [0.2, 0.25) is 0 Å². The van der Waals surface area contributed by atoms with Gasteiger partial charge in [-0.15, -0.1) is 0 Å². The largest absolute Gasteiger partial charge is 0.463 e. The van der Waals surface area contributed by atoms with Gasteiger partial charge in [0.2, 0.25) is 12.0 Å². The first kappa shape index (κ1) is 19.9. The van der Waals surface area contributed by atoms with Crippen molar-refractivity contribution in [3.8, 4) is 0 Å². The lowest BCUT2D eigenvalue weighted by atomic mass is 9.88. The van der Waals surface area contributed by atoms with E-state index in [2.05, 4.69) is 4.74 Å². The Kier molecular flexibility index (Phi) is 5.15. The van der Waals surface area contributed by atoms with Gasteiger partial charge in [-0.05, 0) is 17.2 Å². The molecule has 2 heterocycles. The van der Waals surface area contributed by atoms with Crippen molar-refractivity contribution in [2.24, 2.45) is 0 Å². The number of allylic oxidation sites excluding steroid dienone is 1. The molecule has 2 aromatic rings. The number of cyclic esters (lactones) is 1. The number of rotatable bonds is 4. The van der Waals surface area contributed by atoms with Crippen molar-refractivity contribution in [3.63, 3.8) is 0 Å². The molecule has 3 atom stereocenters. The number of carbonyl (C=O) groups excluding carboxylic acids is 2. The number of alkyl halides is 2. The Morgan fingerprint density at radius 2 is 1.67 bits per heavy atom. The molecule has 6 nitrogen and oxygen atoms in total. The van der Waals surface area contributed by atoms with Crippen LogP contribution in [0, 0.1) is 0 Å². The number of methoxy groups -OCH3 is 1. The second kappa shape index (κ2) is 7.78. The zero-order chi connectivity index (χ0) is 21.3. The molecule has 0 bridgehead atoms. The average molecular weight is 415 g/mol. The molecule has 0 radical (unpaired) electrons. The van der Waals surface area contributed by atoms with Crippen LogP contribution >= 0.6 is 0 Å². The van der Waals surface area contributed by atoms with Crippen molar-refractivity contribution in [3.05, 3.63) is 83.6 Å². The zero-order valence-corrected chi connectivity index (χ0v) is 16.0. The van der Waals surface area contributed by atoms with Crippen LogP contribution in [-0.4, -0.2) is 42.8 Å². The topological polar surface area (TPSA) is 65.1 Å². The van der Waals surface area contributed by atoms with Gasteiger partial charge < -0.3 is 14.2 Å². The maximum atomic E-state index is 15.7. The van der Waals surface area contributed by atoms with Crippen LogP contribution in [0.15, 0.2) is 72.5 Å². The fraction of sp³-hybridized carbons (Fsp3) is 0.273. The van der Waals surface area contributed by atoms with E-state index in [1.807, 2.05) is 0 Å². The molecule has 2 aliphatic heterocycles. The molecule has 0 aromatic heterocycles. The SMILES string of the molecule is COC(=O)C1=CC(c2ccccc2)C(F)(F)C(N2C(=O)OC[C@H]2c2ccccc2)O1. The van der Waals surface area contributed by atoms with Gasteiger partial charge in [0.05, 0.1) is 19.1 Å². The van der Waals surface area contributed by atoms with Crippen LogP contribution in [0.4, 0.5) is 13.6 Å². The highest BCUT2D eigenvalue weighted by atomic mass is 19.3. The number of halogens is 2. The summed E-state index contributed by atoms with van der Waals surface area (Å²) in [6.45, 7) is -0.105. The highest BCUT2D eigenvalue weighted by Gasteiger charge is 2.59. The van der Waals surface area contributed by atoms with Gasteiger partial charge >= 0.3 is 18.0 Å². The van der Waals surface area contributed by atoms with E-state index in [1.54, 1.807) is 48.5 Å². The quantitative estimate of drug-likeness (QED) is 0.706. The molecule has 2 unspecified atom stereocenters.